The number of carbonyl (C=O) groups is 3. The third-order valence-corrected chi connectivity index (χ3v) is 5.04. The van der Waals surface area contributed by atoms with Gasteiger partial charge in [0.25, 0.3) is 0 Å². The minimum atomic E-state index is -0.284. The summed E-state index contributed by atoms with van der Waals surface area (Å²) < 4.78 is 0. The van der Waals surface area contributed by atoms with Crippen LogP contribution in [0, 0.1) is 5.92 Å². The summed E-state index contributed by atoms with van der Waals surface area (Å²) in [5.74, 6) is -0.213. The summed E-state index contributed by atoms with van der Waals surface area (Å²) in [4.78, 5) is 42.7. The molecule has 1 unspecified atom stereocenters. The first-order valence-corrected chi connectivity index (χ1v) is 9.60. The lowest BCUT2D eigenvalue weighted by Gasteiger charge is -2.35. The molecule has 0 radical (unpaired) electrons. The fraction of sp³-hybridized carbons (Fsp3) is 0.550. The minimum Gasteiger partial charge on any atom is -0.353 e. The lowest BCUT2D eigenvalue weighted by molar-refractivity contribution is -0.137. The van der Waals surface area contributed by atoms with Crippen LogP contribution in [0.1, 0.15) is 20.3 Å². The molecular formula is C20H28N4O3. The Morgan fingerprint density at radius 1 is 1.11 bits per heavy atom. The fourth-order valence-electron chi connectivity index (χ4n) is 3.69. The van der Waals surface area contributed by atoms with Gasteiger partial charge < -0.3 is 15.1 Å². The van der Waals surface area contributed by atoms with Crippen LogP contribution in [0.5, 0.6) is 0 Å². The zero-order valence-corrected chi connectivity index (χ0v) is 16.1. The highest BCUT2D eigenvalue weighted by molar-refractivity contribution is 6.00. The average Bonchev–Trinajstić information content (AvgIpc) is 3.03. The highest BCUT2D eigenvalue weighted by atomic mass is 16.2. The van der Waals surface area contributed by atoms with Gasteiger partial charge in [-0.2, -0.15) is 0 Å². The van der Waals surface area contributed by atoms with Crippen LogP contribution >= 0.6 is 0 Å². The number of carbonyl (C=O) groups excluding carboxylic acids is 3. The summed E-state index contributed by atoms with van der Waals surface area (Å²) in [5, 5.41) is 2.89. The second-order valence-corrected chi connectivity index (χ2v) is 7.56. The molecule has 7 nitrogen and oxygen atoms in total. The second-order valence-electron chi connectivity index (χ2n) is 7.56. The first-order valence-electron chi connectivity index (χ1n) is 9.60. The smallest absolute Gasteiger partial charge is 0.234 e. The Morgan fingerprint density at radius 3 is 2.41 bits per heavy atom. The summed E-state index contributed by atoms with van der Waals surface area (Å²) in [6.45, 7) is 7.25. The van der Waals surface area contributed by atoms with Crippen LogP contribution in [0.15, 0.2) is 30.3 Å². The van der Waals surface area contributed by atoms with E-state index in [2.05, 4.69) is 10.2 Å². The van der Waals surface area contributed by atoms with Crippen molar-refractivity contribution in [3.63, 3.8) is 0 Å². The van der Waals surface area contributed by atoms with Crippen molar-refractivity contribution in [1.29, 1.82) is 0 Å². The van der Waals surface area contributed by atoms with Crippen molar-refractivity contribution in [2.75, 3.05) is 44.2 Å². The first kappa shape index (κ1) is 19.4. The number of nitrogens with zero attached hydrogens (tertiary/aromatic N) is 3. The zero-order chi connectivity index (χ0) is 19.4. The predicted molar refractivity (Wildman–Crippen MR) is 103 cm³/mol. The molecule has 2 fully saturated rings. The Morgan fingerprint density at radius 2 is 1.78 bits per heavy atom. The highest BCUT2D eigenvalue weighted by Crippen LogP contribution is 2.26. The molecule has 1 aromatic carbocycles. The molecule has 2 aliphatic heterocycles. The van der Waals surface area contributed by atoms with E-state index in [1.807, 2.05) is 49.1 Å². The number of hydrogen-bond acceptors (Lipinski definition) is 4. The molecule has 0 saturated carbocycles. The third-order valence-electron chi connectivity index (χ3n) is 5.04. The molecule has 3 amide bonds. The molecule has 1 N–H and O–H groups in total. The van der Waals surface area contributed by atoms with Crippen molar-refractivity contribution < 1.29 is 14.4 Å². The van der Waals surface area contributed by atoms with Gasteiger partial charge in [-0.3, -0.25) is 19.3 Å². The van der Waals surface area contributed by atoms with Crippen molar-refractivity contribution in [1.82, 2.24) is 15.1 Å². The van der Waals surface area contributed by atoms with E-state index in [4.69, 9.17) is 0 Å². The van der Waals surface area contributed by atoms with Crippen molar-refractivity contribution in [3.8, 4) is 0 Å². The van der Waals surface area contributed by atoms with Crippen LogP contribution in [0.3, 0.4) is 0 Å². The summed E-state index contributed by atoms with van der Waals surface area (Å²) in [6.07, 6.45) is 0.269. The quantitative estimate of drug-likeness (QED) is 0.826. The summed E-state index contributed by atoms with van der Waals surface area (Å²) in [7, 11) is 0. The first-order chi connectivity index (χ1) is 12.9. The summed E-state index contributed by atoms with van der Waals surface area (Å²) in [5.41, 5.74) is 0.846. The molecule has 146 valence electrons. The molecule has 0 aliphatic carbocycles. The fourth-order valence-corrected chi connectivity index (χ4v) is 3.69. The van der Waals surface area contributed by atoms with E-state index < -0.39 is 0 Å². The number of amides is 3. The van der Waals surface area contributed by atoms with Crippen molar-refractivity contribution in [2.24, 2.45) is 5.92 Å². The lowest BCUT2D eigenvalue weighted by atomic mass is 10.1. The van der Waals surface area contributed by atoms with Gasteiger partial charge in [-0.25, -0.2) is 0 Å². The number of rotatable bonds is 5. The van der Waals surface area contributed by atoms with E-state index in [-0.39, 0.29) is 36.1 Å². The molecule has 7 heteroatoms. The number of piperazine rings is 1. The normalized spacial score (nSPS) is 21.0. The Kier molecular flexibility index (Phi) is 6.11. The van der Waals surface area contributed by atoms with Gasteiger partial charge in [0.05, 0.1) is 12.5 Å². The number of para-hydroxylation sites is 1. The Hall–Kier alpha value is -2.41. The van der Waals surface area contributed by atoms with E-state index in [1.165, 1.54) is 0 Å². The standard InChI is InChI=1S/C20H28N4O3/c1-15(2)21-18(25)14-22-8-10-23(11-9-22)20(27)16-12-19(26)24(13-16)17-6-4-3-5-7-17/h3-7,15-16H,8-14H2,1-2H3,(H,21,25). The van der Waals surface area contributed by atoms with Gasteiger partial charge in [0.15, 0.2) is 0 Å². The molecule has 0 spiro atoms. The SMILES string of the molecule is CC(C)NC(=O)CN1CCN(C(=O)C2CC(=O)N(c3ccccc3)C2)CC1. The van der Waals surface area contributed by atoms with E-state index in [0.717, 1.165) is 5.69 Å². The number of benzene rings is 1. The molecule has 0 aromatic heterocycles. The topological polar surface area (TPSA) is 73.0 Å². The van der Waals surface area contributed by atoms with Crippen LogP contribution in [0.2, 0.25) is 0 Å². The zero-order valence-electron chi connectivity index (χ0n) is 16.1. The molecule has 2 heterocycles. The predicted octanol–water partition coefficient (Wildman–Crippen LogP) is 0.708. The van der Waals surface area contributed by atoms with Gasteiger partial charge in [0.2, 0.25) is 17.7 Å². The van der Waals surface area contributed by atoms with Crippen molar-refractivity contribution >= 4 is 23.4 Å². The van der Waals surface area contributed by atoms with Gasteiger partial charge in [-0.1, -0.05) is 18.2 Å². The highest BCUT2D eigenvalue weighted by Gasteiger charge is 2.37. The van der Waals surface area contributed by atoms with Crippen molar-refractivity contribution in [3.05, 3.63) is 30.3 Å². The maximum atomic E-state index is 12.8. The molecule has 3 rings (SSSR count). The number of nitrogens with one attached hydrogen (secondary N) is 1. The number of hydrogen-bond donors (Lipinski definition) is 1. The van der Waals surface area contributed by atoms with E-state index in [1.54, 1.807) is 4.90 Å². The van der Waals surface area contributed by atoms with Gasteiger partial charge >= 0.3 is 0 Å². The number of anilines is 1. The van der Waals surface area contributed by atoms with Crippen LogP contribution in [0.4, 0.5) is 5.69 Å². The molecular weight excluding hydrogens is 344 g/mol. The van der Waals surface area contributed by atoms with Gasteiger partial charge in [-0.05, 0) is 26.0 Å². The third kappa shape index (κ3) is 4.86. The molecule has 0 bridgehead atoms. The average molecular weight is 372 g/mol. The summed E-state index contributed by atoms with van der Waals surface area (Å²) >= 11 is 0. The maximum absolute atomic E-state index is 12.8. The molecule has 27 heavy (non-hydrogen) atoms. The van der Waals surface area contributed by atoms with E-state index >= 15 is 0 Å². The Labute approximate surface area is 160 Å². The van der Waals surface area contributed by atoms with Gasteiger partial charge in [0, 0.05) is 50.9 Å². The second kappa shape index (κ2) is 8.52. The Balaban J connectivity index is 1.50. The van der Waals surface area contributed by atoms with Crippen molar-refractivity contribution in [2.45, 2.75) is 26.3 Å². The monoisotopic (exact) mass is 372 g/mol. The van der Waals surface area contributed by atoms with E-state index in [9.17, 15) is 14.4 Å². The lowest BCUT2D eigenvalue weighted by Crippen LogP contribution is -2.52. The van der Waals surface area contributed by atoms with Gasteiger partial charge in [-0.15, -0.1) is 0 Å². The molecule has 1 aromatic rings. The Bertz CT molecular complexity index is 684. The van der Waals surface area contributed by atoms with E-state index in [0.29, 0.717) is 39.3 Å². The maximum Gasteiger partial charge on any atom is 0.234 e. The molecule has 1 atom stereocenters. The molecule has 2 saturated heterocycles. The van der Waals surface area contributed by atoms with Gasteiger partial charge in [0.1, 0.15) is 0 Å². The van der Waals surface area contributed by atoms with Crippen LogP contribution < -0.4 is 10.2 Å². The molecule has 2 aliphatic rings. The van der Waals surface area contributed by atoms with Crippen LogP contribution in [0.25, 0.3) is 0 Å². The van der Waals surface area contributed by atoms with Crippen LogP contribution in [-0.4, -0.2) is 72.8 Å². The minimum absolute atomic E-state index is 0.00328. The summed E-state index contributed by atoms with van der Waals surface area (Å²) in [6, 6.07) is 9.62. The van der Waals surface area contributed by atoms with Crippen LogP contribution in [-0.2, 0) is 14.4 Å². The largest absolute Gasteiger partial charge is 0.353 e.